The van der Waals surface area contributed by atoms with Crippen LogP contribution in [-0.4, -0.2) is 35.3 Å². The average molecular weight is 346 g/mol. The fraction of sp³-hybridized carbons (Fsp3) is 0.111. The van der Waals surface area contributed by atoms with Crippen LogP contribution in [0.25, 0.3) is 5.65 Å². The van der Waals surface area contributed by atoms with Gasteiger partial charge in [0.2, 0.25) is 0 Å². The zero-order chi connectivity index (χ0) is 17.9. The van der Waals surface area contributed by atoms with Crippen molar-refractivity contribution in [3.63, 3.8) is 0 Å². The summed E-state index contributed by atoms with van der Waals surface area (Å²) in [5, 5.41) is 4.11. The molecule has 0 amide bonds. The van der Waals surface area contributed by atoms with E-state index in [-0.39, 0.29) is 12.2 Å². The van der Waals surface area contributed by atoms with Crippen molar-refractivity contribution in [3.05, 3.63) is 72.5 Å². The number of carbonyl (C=O) groups is 1. The molecule has 4 rings (SSSR count). The summed E-state index contributed by atoms with van der Waals surface area (Å²) in [6.07, 6.45) is 9.44. The van der Waals surface area contributed by atoms with Crippen LogP contribution >= 0.6 is 0 Å². The molecule has 0 atom stereocenters. The number of hydrogen-bond donors (Lipinski definition) is 0. The Labute approximate surface area is 148 Å². The first-order valence-electron chi connectivity index (χ1n) is 7.90. The average Bonchev–Trinajstić information content (AvgIpc) is 3.12. The summed E-state index contributed by atoms with van der Waals surface area (Å²) in [6.45, 7) is 1.95. The number of carbonyl (C=O) groups excluding carboxylic acids is 1. The van der Waals surface area contributed by atoms with E-state index in [1.165, 1.54) is 29.6 Å². The molecule has 0 aliphatic rings. The van der Waals surface area contributed by atoms with E-state index in [1.807, 2.05) is 19.1 Å². The molecule has 8 nitrogen and oxygen atoms in total. The Morgan fingerprint density at radius 3 is 2.69 bits per heavy atom. The predicted molar refractivity (Wildman–Crippen MR) is 92.1 cm³/mol. The number of aryl methyl sites for hydroxylation is 1. The normalized spacial score (nSPS) is 10.8. The van der Waals surface area contributed by atoms with Crippen LogP contribution in [0.1, 0.15) is 21.6 Å². The van der Waals surface area contributed by atoms with Crippen LogP contribution in [0, 0.1) is 6.92 Å². The molecule has 4 heterocycles. The minimum Gasteiger partial charge on any atom is -0.452 e. The Hall–Kier alpha value is -3.68. The molecule has 0 fully saturated rings. The Kier molecular flexibility index (Phi) is 4.06. The fourth-order valence-corrected chi connectivity index (χ4v) is 2.50. The molecule has 0 spiro atoms. The second kappa shape index (κ2) is 6.67. The molecule has 0 aliphatic carbocycles. The van der Waals surface area contributed by atoms with Gasteiger partial charge in [0, 0.05) is 11.9 Å². The van der Waals surface area contributed by atoms with Gasteiger partial charge in [0.15, 0.2) is 17.2 Å². The van der Waals surface area contributed by atoms with Gasteiger partial charge in [0.25, 0.3) is 0 Å². The van der Waals surface area contributed by atoms with Crippen LogP contribution in [0.15, 0.2) is 55.6 Å². The maximum Gasteiger partial charge on any atom is 0.172 e. The highest BCUT2D eigenvalue weighted by Crippen LogP contribution is 2.23. The van der Waals surface area contributed by atoms with Crippen molar-refractivity contribution in [2.45, 2.75) is 13.3 Å². The molecule has 0 saturated carbocycles. The molecule has 0 radical (unpaired) electrons. The molecule has 4 aromatic heterocycles. The Morgan fingerprint density at radius 1 is 1.08 bits per heavy atom. The van der Waals surface area contributed by atoms with E-state index in [0.29, 0.717) is 28.4 Å². The summed E-state index contributed by atoms with van der Waals surface area (Å²) >= 11 is 0. The van der Waals surface area contributed by atoms with Crippen LogP contribution < -0.4 is 4.74 Å². The largest absolute Gasteiger partial charge is 0.452 e. The van der Waals surface area contributed by atoms with Crippen LogP contribution in [0.4, 0.5) is 0 Å². The standard InChI is InChI=1S/C18H14N6O2/c1-12-2-3-13(21-6-12)4-17(25)16-5-14(9-24-18(16)22-11-23-24)26-15-7-19-10-20-8-15/h2-3,5-11H,4H2,1H3. The number of Topliss-reactive ketones (excluding diaryl/α,β-unsaturated/α-hetero) is 1. The molecule has 0 aromatic carbocycles. The second-order valence-corrected chi connectivity index (χ2v) is 5.72. The lowest BCUT2D eigenvalue weighted by atomic mass is 10.1. The number of aromatic nitrogens is 6. The number of ether oxygens (including phenoxy) is 1. The van der Waals surface area contributed by atoms with E-state index in [1.54, 1.807) is 18.5 Å². The lowest BCUT2D eigenvalue weighted by Crippen LogP contribution is -2.08. The number of nitrogens with zero attached hydrogens (tertiary/aromatic N) is 6. The maximum absolute atomic E-state index is 12.8. The Morgan fingerprint density at radius 2 is 1.92 bits per heavy atom. The summed E-state index contributed by atoms with van der Waals surface area (Å²) < 4.78 is 7.24. The fourth-order valence-electron chi connectivity index (χ4n) is 2.50. The van der Waals surface area contributed by atoms with Crippen LogP contribution in [0.3, 0.4) is 0 Å². The van der Waals surface area contributed by atoms with Crippen molar-refractivity contribution in [2.75, 3.05) is 0 Å². The lowest BCUT2D eigenvalue weighted by Gasteiger charge is -2.08. The summed E-state index contributed by atoms with van der Waals surface area (Å²) in [5.74, 6) is 0.790. The second-order valence-electron chi connectivity index (χ2n) is 5.72. The van der Waals surface area contributed by atoms with E-state index in [0.717, 1.165) is 5.56 Å². The van der Waals surface area contributed by atoms with Crippen molar-refractivity contribution in [1.82, 2.24) is 29.5 Å². The molecule has 0 N–H and O–H groups in total. The van der Waals surface area contributed by atoms with E-state index in [4.69, 9.17) is 4.74 Å². The van der Waals surface area contributed by atoms with Crippen molar-refractivity contribution in [2.24, 2.45) is 0 Å². The number of fused-ring (bicyclic) bond motifs is 1. The Bertz CT molecular complexity index is 1060. The van der Waals surface area contributed by atoms with Gasteiger partial charge in [0.1, 0.15) is 18.4 Å². The molecular formula is C18H14N6O2. The minimum atomic E-state index is -0.117. The molecule has 0 aliphatic heterocycles. The SMILES string of the molecule is Cc1ccc(CC(=O)c2cc(Oc3cncnc3)cn3ncnc23)nc1. The molecule has 8 heteroatoms. The van der Waals surface area contributed by atoms with E-state index in [9.17, 15) is 4.79 Å². The first-order chi connectivity index (χ1) is 12.7. The van der Waals surface area contributed by atoms with Gasteiger partial charge in [-0.1, -0.05) is 6.07 Å². The van der Waals surface area contributed by atoms with Gasteiger partial charge in [-0.05, 0) is 24.6 Å². The third-order valence-corrected chi connectivity index (χ3v) is 3.74. The molecule has 4 aromatic rings. The van der Waals surface area contributed by atoms with Crippen LogP contribution in [0.5, 0.6) is 11.5 Å². The van der Waals surface area contributed by atoms with Gasteiger partial charge in [-0.3, -0.25) is 9.78 Å². The third-order valence-electron chi connectivity index (χ3n) is 3.74. The van der Waals surface area contributed by atoms with Gasteiger partial charge in [0.05, 0.1) is 30.6 Å². The number of hydrogen-bond acceptors (Lipinski definition) is 7. The van der Waals surface area contributed by atoms with E-state index < -0.39 is 0 Å². The number of rotatable bonds is 5. The van der Waals surface area contributed by atoms with Crippen molar-refractivity contribution < 1.29 is 9.53 Å². The van der Waals surface area contributed by atoms with Crippen LogP contribution in [0.2, 0.25) is 0 Å². The summed E-state index contributed by atoms with van der Waals surface area (Å²) in [6, 6.07) is 5.42. The van der Waals surface area contributed by atoms with Gasteiger partial charge >= 0.3 is 0 Å². The summed E-state index contributed by atoms with van der Waals surface area (Å²) in [4.78, 5) is 29.1. The summed E-state index contributed by atoms with van der Waals surface area (Å²) in [7, 11) is 0. The smallest absolute Gasteiger partial charge is 0.172 e. The summed E-state index contributed by atoms with van der Waals surface area (Å²) in [5.41, 5.74) is 2.63. The monoisotopic (exact) mass is 346 g/mol. The molecule has 26 heavy (non-hydrogen) atoms. The number of pyridine rings is 2. The van der Waals surface area contributed by atoms with Gasteiger partial charge < -0.3 is 4.74 Å². The zero-order valence-electron chi connectivity index (χ0n) is 13.9. The van der Waals surface area contributed by atoms with E-state index in [2.05, 4.69) is 25.0 Å². The molecule has 0 unspecified atom stereocenters. The van der Waals surface area contributed by atoms with Gasteiger partial charge in [-0.25, -0.2) is 19.5 Å². The first kappa shape index (κ1) is 15.8. The molecule has 0 saturated heterocycles. The minimum absolute atomic E-state index is 0.117. The highest BCUT2D eigenvalue weighted by molar-refractivity contribution is 6.02. The van der Waals surface area contributed by atoms with Crippen molar-refractivity contribution >= 4 is 11.4 Å². The highest BCUT2D eigenvalue weighted by atomic mass is 16.5. The molecule has 0 bridgehead atoms. The van der Waals surface area contributed by atoms with Gasteiger partial charge in [-0.15, -0.1) is 0 Å². The van der Waals surface area contributed by atoms with Crippen LogP contribution in [-0.2, 0) is 6.42 Å². The quantitative estimate of drug-likeness (QED) is 0.512. The molecular weight excluding hydrogens is 332 g/mol. The maximum atomic E-state index is 12.8. The van der Waals surface area contributed by atoms with Crippen molar-refractivity contribution in [1.29, 1.82) is 0 Å². The van der Waals surface area contributed by atoms with Gasteiger partial charge in [-0.2, -0.15) is 5.10 Å². The number of ketones is 1. The van der Waals surface area contributed by atoms with Crippen molar-refractivity contribution in [3.8, 4) is 11.5 Å². The third kappa shape index (κ3) is 3.25. The highest BCUT2D eigenvalue weighted by Gasteiger charge is 2.16. The Balaban J connectivity index is 1.67. The predicted octanol–water partition coefficient (Wildman–Crippen LogP) is 2.44. The molecule has 128 valence electrons. The zero-order valence-corrected chi connectivity index (χ0v) is 13.9. The topological polar surface area (TPSA) is 95.2 Å². The first-order valence-corrected chi connectivity index (χ1v) is 7.90. The van der Waals surface area contributed by atoms with E-state index >= 15 is 0 Å². The lowest BCUT2D eigenvalue weighted by molar-refractivity contribution is 0.0992.